The molecule has 3 nitrogen and oxygen atoms in total. The summed E-state index contributed by atoms with van der Waals surface area (Å²) >= 11 is 1.81. The highest BCUT2D eigenvalue weighted by Crippen LogP contribution is 2.37. The molecule has 1 N–H and O–H groups in total. The predicted octanol–water partition coefficient (Wildman–Crippen LogP) is 3.84. The first-order valence-corrected chi connectivity index (χ1v) is 9.06. The van der Waals surface area contributed by atoms with E-state index in [0.717, 1.165) is 25.2 Å². The van der Waals surface area contributed by atoms with Crippen molar-refractivity contribution in [2.24, 2.45) is 5.92 Å². The maximum atomic E-state index is 12.8. The summed E-state index contributed by atoms with van der Waals surface area (Å²) in [5.41, 5.74) is 0. The van der Waals surface area contributed by atoms with Gasteiger partial charge in [-0.2, -0.15) is 0 Å². The first-order valence-electron chi connectivity index (χ1n) is 8.24. The van der Waals surface area contributed by atoms with Crippen LogP contribution in [0.3, 0.4) is 0 Å². The SMILES string of the molecule is CCC1NC(c2ccc(C)s2)N(C2CCCC(C)C2)C1=O. The molecule has 1 aromatic rings. The van der Waals surface area contributed by atoms with Crippen LogP contribution >= 0.6 is 11.3 Å². The third-order valence-electron chi connectivity index (χ3n) is 4.93. The minimum Gasteiger partial charge on any atom is -0.318 e. The molecule has 2 heterocycles. The van der Waals surface area contributed by atoms with Crippen molar-refractivity contribution in [2.75, 3.05) is 0 Å². The molecule has 0 spiro atoms. The summed E-state index contributed by atoms with van der Waals surface area (Å²) in [5.74, 6) is 1.05. The standard InChI is InChI=1S/C17H26N2OS/c1-4-14-17(20)19(13-7-5-6-11(2)10-13)16(18-14)15-9-8-12(3)21-15/h8-9,11,13-14,16,18H,4-7,10H2,1-3H3. The van der Waals surface area contributed by atoms with Gasteiger partial charge in [0.2, 0.25) is 5.91 Å². The maximum Gasteiger partial charge on any atom is 0.241 e. The molecule has 1 saturated carbocycles. The van der Waals surface area contributed by atoms with Crippen LogP contribution in [0, 0.1) is 12.8 Å². The van der Waals surface area contributed by atoms with Crippen LogP contribution in [0.25, 0.3) is 0 Å². The Kier molecular flexibility index (Phi) is 4.36. The molecule has 1 aliphatic heterocycles. The number of nitrogens with zero attached hydrogens (tertiary/aromatic N) is 1. The minimum absolute atomic E-state index is 0.00496. The van der Waals surface area contributed by atoms with Crippen molar-refractivity contribution in [3.8, 4) is 0 Å². The lowest BCUT2D eigenvalue weighted by Gasteiger charge is -2.37. The van der Waals surface area contributed by atoms with Crippen LogP contribution in [0.15, 0.2) is 12.1 Å². The Hall–Kier alpha value is -0.870. The number of nitrogens with one attached hydrogen (secondary N) is 1. The van der Waals surface area contributed by atoms with Crippen LogP contribution in [0.1, 0.15) is 61.9 Å². The highest BCUT2D eigenvalue weighted by atomic mass is 32.1. The van der Waals surface area contributed by atoms with E-state index in [1.165, 1.54) is 22.6 Å². The minimum atomic E-state index is -0.00496. The predicted molar refractivity (Wildman–Crippen MR) is 87.3 cm³/mol. The Balaban J connectivity index is 1.87. The molecule has 3 rings (SSSR count). The molecule has 1 saturated heterocycles. The van der Waals surface area contributed by atoms with Crippen molar-refractivity contribution >= 4 is 17.2 Å². The number of carbonyl (C=O) groups excluding carboxylic acids is 1. The third-order valence-corrected chi connectivity index (χ3v) is 5.98. The average molecular weight is 306 g/mol. The van der Waals surface area contributed by atoms with Gasteiger partial charge in [-0.15, -0.1) is 11.3 Å². The van der Waals surface area contributed by atoms with Gasteiger partial charge in [0.05, 0.1) is 6.04 Å². The Morgan fingerprint density at radius 3 is 2.81 bits per heavy atom. The van der Waals surface area contributed by atoms with Crippen LogP contribution in [0.4, 0.5) is 0 Å². The molecule has 2 aliphatic rings. The average Bonchev–Trinajstić information content (AvgIpc) is 3.02. The Morgan fingerprint density at radius 1 is 1.38 bits per heavy atom. The fourth-order valence-corrected chi connectivity index (χ4v) is 4.74. The first-order chi connectivity index (χ1) is 10.1. The van der Waals surface area contributed by atoms with E-state index in [1.54, 1.807) is 0 Å². The second-order valence-corrected chi connectivity index (χ2v) is 7.97. The normalized spacial score (nSPS) is 33.7. The third kappa shape index (κ3) is 2.88. The lowest BCUT2D eigenvalue weighted by atomic mass is 9.86. The van der Waals surface area contributed by atoms with Crippen molar-refractivity contribution in [1.29, 1.82) is 0 Å². The molecule has 4 atom stereocenters. The number of rotatable bonds is 3. The van der Waals surface area contributed by atoms with Crippen LogP contribution in [-0.2, 0) is 4.79 Å². The number of carbonyl (C=O) groups is 1. The van der Waals surface area contributed by atoms with Gasteiger partial charge in [0.1, 0.15) is 6.17 Å². The highest BCUT2D eigenvalue weighted by molar-refractivity contribution is 7.12. The molecule has 0 aromatic carbocycles. The monoisotopic (exact) mass is 306 g/mol. The summed E-state index contributed by atoms with van der Waals surface area (Å²) in [4.78, 5) is 17.6. The van der Waals surface area contributed by atoms with E-state index in [4.69, 9.17) is 0 Å². The van der Waals surface area contributed by atoms with Gasteiger partial charge in [-0.1, -0.05) is 26.7 Å². The number of thiophene rings is 1. The molecule has 2 fully saturated rings. The fourth-order valence-electron chi connectivity index (χ4n) is 3.81. The van der Waals surface area contributed by atoms with E-state index in [2.05, 4.69) is 43.1 Å². The molecule has 116 valence electrons. The van der Waals surface area contributed by atoms with E-state index in [-0.39, 0.29) is 12.2 Å². The van der Waals surface area contributed by atoms with Crippen molar-refractivity contribution < 1.29 is 4.79 Å². The number of hydrogen-bond donors (Lipinski definition) is 1. The van der Waals surface area contributed by atoms with Crippen molar-refractivity contribution in [2.45, 2.75) is 71.1 Å². The second-order valence-electron chi connectivity index (χ2n) is 6.65. The summed E-state index contributed by atoms with van der Waals surface area (Å²) in [6, 6.07) is 4.75. The summed E-state index contributed by atoms with van der Waals surface area (Å²) in [5, 5.41) is 3.57. The van der Waals surface area contributed by atoms with Gasteiger partial charge < -0.3 is 4.90 Å². The lowest BCUT2D eigenvalue weighted by molar-refractivity contribution is -0.133. The zero-order valence-electron chi connectivity index (χ0n) is 13.3. The van der Waals surface area contributed by atoms with Crippen LogP contribution in [-0.4, -0.2) is 22.9 Å². The van der Waals surface area contributed by atoms with Gasteiger partial charge in [0.15, 0.2) is 0 Å². The lowest BCUT2D eigenvalue weighted by Crippen LogP contribution is -2.42. The molecule has 0 radical (unpaired) electrons. The molecular formula is C17H26N2OS. The van der Waals surface area contributed by atoms with E-state index < -0.39 is 0 Å². The molecule has 0 bridgehead atoms. The van der Waals surface area contributed by atoms with E-state index in [1.807, 2.05) is 11.3 Å². The molecular weight excluding hydrogens is 280 g/mol. The van der Waals surface area contributed by atoms with Gasteiger partial charge in [0, 0.05) is 15.8 Å². The summed E-state index contributed by atoms with van der Waals surface area (Å²) in [6.07, 6.45) is 5.85. The smallest absolute Gasteiger partial charge is 0.241 e. The van der Waals surface area contributed by atoms with Gasteiger partial charge >= 0.3 is 0 Å². The van der Waals surface area contributed by atoms with E-state index >= 15 is 0 Å². The van der Waals surface area contributed by atoms with Crippen LogP contribution in [0.5, 0.6) is 0 Å². The van der Waals surface area contributed by atoms with E-state index in [0.29, 0.717) is 11.9 Å². The van der Waals surface area contributed by atoms with Crippen molar-refractivity contribution in [1.82, 2.24) is 10.2 Å². The molecule has 1 aromatic heterocycles. The summed E-state index contributed by atoms with van der Waals surface area (Å²) < 4.78 is 0. The van der Waals surface area contributed by atoms with E-state index in [9.17, 15) is 4.79 Å². The first kappa shape index (κ1) is 15.0. The summed E-state index contributed by atoms with van der Waals surface area (Å²) in [7, 11) is 0. The van der Waals surface area contributed by atoms with Gasteiger partial charge in [-0.05, 0) is 44.2 Å². The van der Waals surface area contributed by atoms with Crippen molar-refractivity contribution in [3.63, 3.8) is 0 Å². The van der Waals surface area contributed by atoms with Crippen molar-refractivity contribution in [3.05, 3.63) is 21.9 Å². The van der Waals surface area contributed by atoms with Crippen LogP contribution in [0.2, 0.25) is 0 Å². The number of aryl methyl sites for hydroxylation is 1. The zero-order chi connectivity index (χ0) is 15.0. The fraction of sp³-hybridized carbons (Fsp3) is 0.706. The second kappa shape index (κ2) is 6.09. The Labute approximate surface area is 131 Å². The molecule has 21 heavy (non-hydrogen) atoms. The quantitative estimate of drug-likeness (QED) is 0.920. The topological polar surface area (TPSA) is 32.3 Å². The molecule has 4 unspecified atom stereocenters. The number of hydrogen-bond acceptors (Lipinski definition) is 3. The van der Waals surface area contributed by atoms with Gasteiger partial charge in [-0.25, -0.2) is 0 Å². The zero-order valence-corrected chi connectivity index (χ0v) is 14.1. The van der Waals surface area contributed by atoms with Crippen LogP contribution < -0.4 is 5.32 Å². The number of amides is 1. The maximum absolute atomic E-state index is 12.8. The van der Waals surface area contributed by atoms with Gasteiger partial charge in [-0.3, -0.25) is 10.1 Å². The molecule has 1 amide bonds. The largest absolute Gasteiger partial charge is 0.318 e. The molecule has 4 heteroatoms. The molecule has 1 aliphatic carbocycles. The van der Waals surface area contributed by atoms with Gasteiger partial charge in [0.25, 0.3) is 0 Å². The Morgan fingerprint density at radius 2 is 2.19 bits per heavy atom. The summed E-state index contributed by atoms with van der Waals surface area (Å²) in [6.45, 7) is 6.55. The Bertz CT molecular complexity index is 513. The highest BCUT2D eigenvalue weighted by Gasteiger charge is 2.43.